The zero-order valence-electron chi connectivity index (χ0n) is 10.1. The molecular weight excluding hydrogens is 234 g/mol. The molecule has 0 saturated heterocycles. The number of aliphatic hydroxyl groups excluding tert-OH is 1. The quantitative estimate of drug-likeness (QED) is 0.865. The van der Waals surface area contributed by atoms with Crippen molar-refractivity contribution in [3.8, 4) is 0 Å². The fourth-order valence-electron chi connectivity index (χ4n) is 2.50. The van der Waals surface area contributed by atoms with Gasteiger partial charge in [-0.25, -0.2) is 0 Å². The summed E-state index contributed by atoms with van der Waals surface area (Å²) in [6.07, 6.45) is 5.62. The second-order valence-corrected chi connectivity index (χ2v) is 5.32. The van der Waals surface area contributed by atoms with Crippen molar-refractivity contribution in [2.75, 3.05) is 13.2 Å². The van der Waals surface area contributed by atoms with Crippen molar-refractivity contribution in [3.63, 3.8) is 0 Å². The summed E-state index contributed by atoms with van der Waals surface area (Å²) >= 11 is 6.30. The van der Waals surface area contributed by atoms with E-state index in [0.29, 0.717) is 6.54 Å². The number of halogens is 1. The van der Waals surface area contributed by atoms with Crippen molar-refractivity contribution < 1.29 is 5.11 Å². The van der Waals surface area contributed by atoms with Crippen LogP contribution in [-0.2, 0) is 19.3 Å². The Morgan fingerprint density at radius 2 is 1.88 bits per heavy atom. The average molecular weight is 254 g/mol. The Hall–Kier alpha value is -0.570. The van der Waals surface area contributed by atoms with Gasteiger partial charge in [0.05, 0.1) is 0 Å². The van der Waals surface area contributed by atoms with Crippen LogP contribution in [-0.4, -0.2) is 18.3 Å². The number of aryl methyl sites for hydroxylation is 2. The molecule has 0 fully saturated rings. The molecule has 0 radical (unpaired) electrons. The number of hydrogen-bond acceptors (Lipinski definition) is 2. The van der Waals surface area contributed by atoms with Crippen molar-refractivity contribution in [1.29, 1.82) is 0 Å². The van der Waals surface area contributed by atoms with Gasteiger partial charge in [0.15, 0.2) is 0 Å². The van der Waals surface area contributed by atoms with E-state index < -0.39 is 0 Å². The minimum Gasteiger partial charge on any atom is -0.396 e. The van der Waals surface area contributed by atoms with Crippen molar-refractivity contribution in [2.24, 2.45) is 11.7 Å². The number of rotatable bonds is 4. The Balaban J connectivity index is 2.22. The summed E-state index contributed by atoms with van der Waals surface area (Å²) in [4.78, 5) is 0. The van der Waals surface area contributed by atoms with E-state index in [1.807, 2.05) is 0 Å². The van der Waals surface area contributed by atoms with Gasteiger partial charge in [-0.1, -0.05) is 17.7 Å². The summed E-state index contributed by atoms with van der Waals surface area (Å²) in [5.74, 6) is 0.120. The van der Waals surface area contributed by atoms with Gasteiger partial charge >= 0.3 is 0 Å². The molecule has 0 aromatic heterocycles. The summed E-state index contributed by atoms with van der Waals surface area (Å²) in [5, 5.41) is 10.0. The van der Waals surface area contributed by atoms with Crippen molar-refractivity contribution in [3.05, 3.63) is 33.8 Å². The molecule has 2 rings (SSSR count). The number of aliphatic hydroxyl groups is 1. The first-order chi connectivity index (χ1) is 8.24. The van der Waals surface area contributed by atoms with Gasteiger partial charge in [0.25, 0.3) is 0 Å². The maximum absolute atomic E-state index is 9.19. The van der Waals surface area contributed by atoms with Crippen LogP contribution in [0.4, 0.5) is 0 Å². The highest BCUT2D eigenvalue weighted by molar-refractivity contribution is 6.31. The molecule has 3 heteroatoms. The van der Waals surface area contributed by atoms with Crippen LogP contribution in [0, 0.1) is 5.92 Å². The predicted molar refractivity (Wildman–Crippen MR) is 71.4 cm³/mol. The molecule has 0 amide bonds. The van der Waals surface area contributed by atoms with Gasteiger partial charge in [-0.05, 0) is 67.3 Å². The molecule has 1 unspecified atom stereocenters. The molecule has 0 bridgehead atoms. The summed E-state index contributed by atoms with van der Waals surface area (Å²) in [6.45, 7) is 0.633. The molecular formula is C14H20ClNO. The highest BCUT2D eigenvalue weighted by Gasteiger charge is 2.15. The summed E-state index contributed by atoms with van der Waals surface area (Å²) in [7, 11) is 0. The summed E-state index contributed by atoms with van der Waals surface area (Å²) in [5.41, 5.74) is 9.59. The van der Waals surface area contributed by atoms with Crippen molar-refractivity contribution in [1.82, 2.24) is 0 Å². The van der Waals surface area contributed by atoms with Gasteiger partial charge in [0, 0.05) is 11.6 Å². The first kappa shape index (κ1) is 12.9. The van der Waals surface area contributed by atoms with Crippen LogP contribution in [0.5, 0.6) is 0 Å². The van der Waals surface area contributed by atoms with Gasteiger partial charge in [-0.15, -0.1) is 0 Å². The maximum Gasteiger partial charge on any atom is 0.0474 e. The zero-order chi connectivity index (χ0) is 12.3. The van der Waals surface area contributed by atoms with Gasteiger partial charge in [0.2, 0.25) is 0 Å². The van der Waals surface area contributed by atoms with Gasteiger partial charge in [-0.3, -0.25) is 0 Å². The molecule has 0 spiro atoms. The van der Waals surface area contributed by atoms with Crippen molar-refractivity contribution in [2.45, 2.75) is 32.1 Å². The lowest BCUT2D eigenvalue weighted by atomic mass is 9.88. The van der Waals surface area contributed by atoms with Gasteiger partial charge < -0.3 is 10.8 Å². The first-order valence-corrected chi connectivity index (χ1v) is 6.73. The highest BCUT2D eigenvalue weighted by Crippen LogP contribution is 2.28. The standard InChI is InChI=1S/C14H20ClNO/c15-14-7-12-4-2-1-3-11(12)6-13(14)5-10(8-16)9-17/h6-7,10,17H,1-5,8-9,16H2. The molecule has 1 aromatic carbocycles. The lowest BCUT2D eigenvalue weighted by molar-refractivity contribution is 0.230. The Kier molecular flexibility index (Phi) is 4.43. The molecule has 1 aliphatic rings. The van der Waals surface area contributed by atoms with E-state index in [1.165, 1.54) is 24.0 Å². The van der Waals surface area contributed by atoms with Crippen LogP contribution in [0.25, 0.3) is 0 Å². The van der Waals surface area contributed by atoms with E-state index in [-0.39, 0.29) is 12.5 Å². The third-order valence-corrected chi connectivity index (χ3v) is 3.96. The van der Waals surface area contributed by atoms with Crippen LogP contribution in [0.1, 0.15) is 29.5 Å². The maximum atomic E-state index is 9.19. The Labute approximate surface area is 108 Å². The van der Waals surface area contributed by atoms with E-state index in [1.54, 1.807) is 0 Å². The van der Waals surface area contributed by atoms with Gasteiger partial charge in [-0.2, -0.15) is 0 Å². The monoisotopic (exact) mass is 253 g/mol. The molecule has 2 nitrogen and oxygen atoms in total. The first-order valence-electron chi connectivity index (χ1n) is 6.35. The SMILES string of the molecule is NCC(CO)Cc1cc2c(cc1Cl)CCCC2. The third kappa shape index (κ3) is 3.01. The second kappa shape index (κ2) is 5.85. The highest BCUT2D eigenvalue weighted by atomic mass is 35.5. The van der Waals surface area contributed by atoms with E-state index in [9.17, 15) is 5.11 Å². The Morgan fingerprint density at radius 1 is 1.24 bits per heavy atom. The minimum absolute atomic E-state index is 0.120. The summed E-state index contributed by atoms with van der Waals surface area (Å²) in [6, 6.07) is 4.32. The minimum atomic E-state index is 0.120. The molecule has 1 aromatic rings. The number of nitrogens with two attached hydrogens (primary N) is 1. The average Bonchev–Trinajstić information content (AvgIpc) is 2.36. The van der Waals surface area contributed by atoms with Crippen LogP contribution >= 0.6 is 11.6 Å². The van der Waals surface area contributed by atoms with Crippen LogP contribution in [0.2, 0.25) is 5.02 Å². The second-order valence-electron chi connectivity index (χ2n) is 4.91. The molecule has 3 N–H and O–H groups in total. The third-order valence-electron chi connectivity index (χ3n) is 3.61. The normalized spacial score (nSPS) is 16.6. The molecule has 17 heavy (non-hydrogen) atoms. The smallest absolute Gasteiger partial charge is 0.0474 e. The largest absolute Gasteiger partial charge is 0.396 e. The number of fused-ring (bicyclic) bond motifs is 1. The molecule has 1 atom stereocenters. The van der Waals surface area contributed by atoms with E-state index in [0.717, 1.165) is 29.8 Å². The lowest BCUT2D eigenvalue weighted by Gasteiger charge is -2.19. The molecule has 1 aliphatic carbocycles. The molecule has 0 heterocycles. The van der Waals surface area contributed by atoms with E-state index >= 15 is 0 Å². The van der Waals surface area contributed by atoms with Gasteiger partial charge in [0.1, 0.15) is 0 Å². The number of hydrogen-bond donors (Lipinski definition) is 2. The van der Waals surface area contributed by atoms with Crippen LogP contribution < -0.4 is 5.73 Å². The topological polar surface area (TPSA) is 46.2 Å². The van der Waals surface area contributed by atoms with Crippen LogP contribution in [0.3, 0.4) is 0 Å². The predicted octanol–water partition coefficient (Wildman–Crippen LogP) is 2.33. The molecule has 0 saturated carbocycles. The number of benzene rings is 1. The van der Waals surface area contributed by atoms with Crippen LogP contribution in [0.15, 0.2) is 12.1 Å². The zero-order valence-corrected chi connectivity index (χ0v) is 10.8. The fraction of sp³-hybridized carbons (Fsp3) is 0.571. The molecule has 94 valence electrons. The Bertz CT molecular complexity index is 388. The molecule has 0 aliphatic heterocycles. The van der Waals surface area contributed by atoms with Crippen molar-refractivity contribution >= 4 is 11.6 Å². The fourth-order valence-corrected chi connectivity index (χ4v) is 2.76. The van der Waals surface area contributed by atoms with E-state index in [2.05, 4.69) is 12.1 Å². The lowest BCUT2D eigenvalue weighted by Crippen LogP contribution is -2.20. The summed E-state index contributed by atoms with van der Waals surface area (Å²) < 4.78 is 0. The Morgan fingerprint density at radius 3 is 2.47 bits per heavy atom. The van der Waals surface area contributed by atoms with E-state index in [4.69, 9.17) is 17.3 Å².